The molecule has 1 aromatic rings. The van der Waals surface area contributed by atoms with Crippen LogP contribution in [-0.2, 0) is 18.3 Å². The van der Waals surface area contributed by atoms with Gasteiger partial charge >= 0.3 is 0 Å². The molecule has 2 rings (SSSR count). The second-order valence-electron chi connectivity index (χ2n) is 7.09. The minimum absolute atomic E-state index is 0.122. The van der Waals surface area contributed by atoms with E-state index in [4.69, 9.17) is 0 Å². The zero-order valence-corrected chi connectivity index (χ0v) is 13.2. The van der Waals surface area contributed by atoms with E-state index in [2.05, 4.69) is 46.8 Å². The molecule has 0 aliphatic heterocycles. The molecule has 19 heavy (non-hydrogen) atoms. The maximum absolute atomic E-state index is 11.9. The number of rotatable bonds is 2. The molecule has 1 aromatic carbocycles. The van der Waals surface area contributed by atoms with Gasteiger partial charge in [0.2, 0.25) is 0 Å². The van der Waals surface area contributed by atoms with E-state index in [0.29, 0.717) is 0 Å². The quantitative estimate of drug-likeness (QED) is 0.703. The fourth-order valence-corrected chi connectivity index (χ4v) is 3.23. The van der Waals surface area contributed by atoms with Crippen LogP contribution in [0.1, 0.15) is 75.0 Å². The van der Waals surface area contributed by atoms with Gasteiger partial charge in [0.15, 0.2) is 5.78 Å². The molecule has 0 unspecified atom stereocenters. The molecule has 1 aliphatic rings. The number of carbonyl (C=O) groups is 1. The Morgan fingerprint density at radius 2 is 1.84 bits per heavy atom. The summed E-state index contributed by atoms with van der Waals surface area (Å²) in [5, 5.41) is 0. The highest BCUT2D eigenvalue weighted by Gasteiger charge is 2.42. The Bertz CT molecular complexity index is 521. The smallest absolute Gasteiger partial charge is 0.160 e. The molecule has 0 aromatic heterocycles. The molecule has 0 heterocycles. The van der Waals surface area contributed by atoms with E-state index in [1.165, 1.54) is 23.1 Å². The average molecular weight is 258 g/mol. The minimum atomic E-state index is 0.122. The second-order valence-corrected chi connectivity index (χ2v) is 7.09. The summed E-state index contributed by atoms with van der Waals surface area (Å²) in [5.74, 6) is 0.193. The van der Waals surface area contributed by atoms with E-state index in [9.17, 15) is 4.79 Å². The van der Waals surface area contributed by atoms with E-state index in [-0.39, 0.29) is 16.6 Å². The van der Waals surface area contributed by atoms with Crippen LogP contribution >= 0.6 is 0 Å². The molecule has 0 saturated heterocycles. The summed E-state index contributed by atoms with van der Waals surface area (Å²) < 4.78 is 0. The molecule has 0 N–H and O–H groups in total. The van der Waals surface area contributed by atoms with E-state index in [1.54, 1.807) is 6.92 Å². The molecule has 0 spiro atoms. The van der Waals surface area contributed by atoms with Gasteiger partial charge in [-0.3, -0.25) is 4.79 Å². The third-order valence-corrected chi connectivity index (χ3v) is 5.47. The Morgan fingerprint density at radius 1 is 1.21 bits per heavy atom. The topological polar surface area (TPSA) is 17.1 Å². The lowest BCUT2D eigenvalue weighted by molar-refractivity contribution is 0.101. The number of Topliss-reactive ketones (excluding diaryl/α,β-unsaturated/α-hetero) is 1. The zero-order chi connectivity index (χ0) is 14.4. The largest absolute Gasteiger partial charge is 0.295 e. The molecule has 0 saturated carbocycles. The van der Waals surface area contributed by atoms with Crippen molar-refractivity contribution in [2.45, 2.75) is 66.2 Å². The Morgan fingerprint density at radius 3 is 2.37 bits per heavy atom. The Balaban J connectivity index is 2.67. The highest BCUT2D eigenvalue weighted by Crippen LogP contribution is 2.49. The number of aryl methyl sites for hydroxylation is 2. The molecular formula is C18H26O. The first-order valence-corrected chi connectivity index (χ1v) is 7.38. The van der Waals surface area contributed by atoms with Gasteiger partial charge in [-0.2, -0.15) is 0 Å². The molecule has 0 bridgehead atoms. The maximum Gasteiger partial charge on any atom is 0.160 e. The van der Waals surface area contributed by atoms with Gasteiger partial charge in [0.05, 0.1) is 0 Å². The number of hydrogen-bond acceptors (Lipinski definition) is 1. The van der Waals surface area contributed by atoms with Crippen molar-refractivity contribution in [3.8, 4) is 0 Å². The van der Waals surface area contributed by atoms with Gasteiger partial charge in [-0.25, -0.2) is 0 Å². The van der Waals surface area contributed by atoms with Crippen LogP contribution in [0.3, 0.4) is 0 Å². The van der Waals surface area contributed by atoms with Gasteiger partial charge in [0.25, 0.3) is 0 Å². The second kappa shape index (κ2) is 4.47. The van der Waals surface area contributed by atoms with Crippen LogP contribution in [0, 0.1) is 5.41 Å². The van der Waals surface area contributed by atoms with E-state index in [1.807, 2.05) is 0 Å². The monoisotopic (exact) mass is 258 g/mol. The fraction of sp³-hybridized carbons (Fsp3) is 0.611. The molecule has 0 radical (unpaired) electrons. The third kappa shape index (κ3) is 2.13. The van der Waals surface area contributed by atoms with E-state index < -0.39 is 0 Å². The molecule has 0 amide bonds. The van der Waals surface area contributed by atoms with Crippen LogP contribution in [0.25, 0.3) is 0 Å². The number of benzene rings is 1. The molecule has 104 valence electrons. The summed E-state index contributed by atoms with van der Waals surface area (Å²) in [7, 11) is 0. The van der Waals surface area contributed by atoms with Crippen LogP contribution in [-0.4, -0.2) is 5.78 Å². The van der Waals surface area contributed by atoms with Crippen molar-refractivity contribution in [3.63, 3.8) is 0 Å². The van der Waals surface area contributed by atoms with Crippen LogP contribution in [0.2, 0.25) is 0 Å². The van der Waals surface area contributed by atoms with Crippen molar-refractivity contribution < 1.29 is 4.79 Å². The molecular weight excluding hydrogens is 232 g/mol. The molecule has 1 heteroatoms. The van der Waals surface area contributed by atoms with E-state index >= 15 is 0 Å². The standard InChI is InChI=1S/C18H26O/c1-7-13-10-14-8-9-17(3,4)18(5,6)16(14)11-15(13)12(2)19/h10-11H,7-9H2,1-6H3. The first kappa shape index (κ1) is 14.3. The highest BCUT2D eigenvalue weighted by molar-refractivity contribution is 5.96. The number of ketones is 1. The van der Waals surface area contributed by atoms with Crippen LogP contribution < -0.4 is 0 Å². The Hall–Kier alpha value is -1.11. The summed E-state index contributed by atoms with van der Waals surface area (Å²) in [5.41, 5.74) is 5.37. The predicted octanol–water partition coefficient (Wildman–Crippen LogP) is 4.70. The highest BCUT2D eigenvalue weighted by atomic mass is 16.1. The van der Waals surface area contributed by atoms with Crippen molar-refractivity contribution in [1.82, 2.24) is 0 Å². The lowest BCUT2D eigenvalue weighted by Crippen LogP contribution is -2.41. The Kier molecular flexibility index (Phi) is 3.36. The van der Waals surface area contributed by atoms with Gasteiger partial charge < -0.3 is 0 Å². The van der Waals surface area contributed by atoms with Crippen molar-refractivity contribution in [1.29, 1.82) is 0 Å². The molecule has 1 nitrogen and oxygen atoms in total. The normalized spacial score (nSPS) is 19.9. The molecule has 0 atom stereocenters. The molecule has 0 fully saturated rings. The van der Waals surface area contributed by atoms with Gasteiger partial charge in [-0.15, -0.1) is 0 Å². The summed E-state index contributed by atoms with van der Waals surface area (Å²) >= 11 is 0. The fourth-order valence-electron chi connectivity index (χ4n) is 3.23. The van der Waals surface area contributed by atoms with E-state index in [0.717, 1.165) is 18.4 Å². The average Bonchev–Trinajstić information content (AvgIpc) is 2.33. The van der Waals surface area contributed by atoms with Crippen molar-refractivity contribution >= 4 is 5.78 Å². The predicted molar refractivity (Wildman–Crippen MR) is 81.0 cm³/mol. The lowest BCUT2D eigenvalue weighted by Gasteiger charge is -2.47. The number of carbonyl (C=O) groups excluding carboxylic acids is 1. The summed E-state index contributed by atoms with van der Waals surface area (Å²) in [4.78, 5) is 11.9. The van der Waals surface area contributed by atoms with Crippen LogP contribution in [0.15, 0.2) is 12.1 Å². The van der Waals surface area contributed by atoms with Crippen LogP contribution in [0.4, 0.5) is 0 Å². The van der Waals surface area contributed by atoms with Gasteiger partial charge in [-0.05, 0) is 59.8 Å². The number of hydrogen-bond donors (Lipinski definition) is 0. The summed E-state index contributed by atoms with van der Waals surface area (Å²) in [6.07, 6.45) is 3.29. The summed E-state index contributed by atoms with van der Waals surface area (Å²) in [6.45, 7) is 13.1. The lowest BCUT2D eigenvalue weighted by atomic mass is 9.57. The van der Waals surface area contributed by atoms with Crippen molar-refractivity contribution in [2.24, 2.45) is 5.41 Å². The first-order valence-electron chi connectivity index (χ1n) is 7.38. The van der Waals surface area contributed by atoms with Gasteiger partial charge in [-0.1, -0.05) is 40.7 Å². The molecule has 1 aliphatic carbocycles. The maximum atomic E-state index is 11.9. The summed E-state index contributed by atoms with van der Waals surface area (Å²) in [6, 6.07) is 4.46. The van der Waals surface area contributed by atoms with Gasteiger partial charge in [0, 0.05) is 5.56 Å². The number of fused-ring (bicyclic) bond motifs is 1. The minimum Gasteiger partial charge on any atom is -0.295 e. The van der Waals surface area contributed by atoms with Crippen LogP contribution in [0.5, 0.6) is 0 Å². The first-order chi connectivity index (χ1) is 8.70. The zero-order valence-electron chi connectivity index (χ0n) is 13.2. The third-order valence-electron chi connectivity index (χ3n) is 5.47. The SMILES string of the molecule is CCc1cc2c(cc1C(C)=O)C(C)(C)C(C)(C)CC2. The Labute approximate surface area is 117 Å². The van der Waals surface area contributed by atoms with Crippen molar-refractivity contribution in [2.75, 3.05) is 0 Å². The van der Waals surface area contributed by atoms with Crippen molar-refractivity contribution in [3.05, 3.63) is 34.4 Å². The van der Waals surface area contributed by atoms with Gasteiger partial charge in [0.1, 0.15) is 0 Å².